The highest BCUT2D eigenvalue weighted by Crippen LogP contribution is 2.42. The van der Waals surface area contributed by atoms with Crippen molar-refractivity contribution in [2.75, 3.05) is 5.32 Å². The molecule has 1 aliphatic rings. The number of hydrogen-bond acceptors (Lipinski definition) is 3. The van der Waals surface area contributed by atoms with Crippen LogP contribution in [0.1, 0.15) is 11.1 Å². The Bertz CT molecular complexity index is 578. The van der Waals surface area contributed by atoms with Crippen molar-refractivity contribution in [3.63, 3.8) is 0 Å². The van der Waals surface area contributed by atoms with Gasteiger partial charge in [0.05, 0.1) is 18.0 Å². The summed E-state index contributed by atoms with van der Waals surface area (Å²) in [7, 11) is 0. The van der Waals surface area contributed by atoms with Gasteiger partial charge in [-0.25, -0.2) is 0 Å². The Morgan fingerprint density at radius 1 is 1.06 bits per heavy atom. The molecule has 3 rings (SSSR count). The molecular formula is C14H13NO2. The molecule has 2 aromatic carbocycles. The lowest BCUT2D eigenvalue weighted by molar-refractivity contribution is 0.282. The Kier molecular flexibility index (Phi) is 2.27. The molecule has 0 radical (unpaired) electrons. The Labute approximate surface area is 99.7 Å². The largest absolute Gasteiger partial charge is 0.453 e. The topological polar surface area (TPSA) is 41.5 Å². The zero-order valence-electron chi connectivity index (χ0n) is 9.53. The molecule has 0 saturated heterocycles. The van der Waals surface area contributed by atoms with Crippen LogP contribution in [0.25, 0.3) is 0 Å². The van der Waals surface area contributed by atoms with Crippen LogP contribution in [-0.4, -0.2) is 5.11 Å². The predicted octanol–water partition coefficient (Wildman–Crippen LogP) is 3.34. The molecule has 1 aliphatic heterocycles. The number of fused-ring (bicyclic) bond motifs is 2. The minimum absolute atomic E-state index is 0.0374. The van der Waals surface area contributed by atoms with Crippen LogP contribution in [0.15, 0.2) is 36.4 Å². The summed E-state index contributed by atoms with van der Waals surface area (Å²) in [5.74, 6) is 1.63. The normalized spacial score (nSPS) is 12.1. The first-order valence-electron chi connectivity index (χ1n) is 5.55. The fourth-order valence-corrected chi connectivity index (χ4v) is 1.94. The van der Waals surface area contributed by atoms with Crippen molar-refractivity contribution in [3.05, 3.63) is 47.5 Å². The van der Waals surface area contributed by atoms with Crippen molar-refractivity contribution in [2.45, 2.75) is 13.5 Å². The zero-order valence-corrected chi connectivity index (χ0v) is 9.53. The Hall–Kier alpha value is -2.00. The SMILES string of the molecule is Cc1ccc2c(c1)Oc1ccc(CO)cc1N2. The zero-order chi connectivity index (χ0) is 11.8. The van der Waals surface area contributed by atoms with E-state index in [4.69, 9.17) is 9.84 Å². The first-order valence-corrected chi connectivity index (χ1v) is 5.55. The van der Waals surface area contributed by atoms with Gasteiger partial charge in [-0.1, -0.05) is 12.1 Å². The molecule has 1 heterocycles. The second kappa shape index (κ2) is 3.79. The number of hydrogen-bond donors (Lipinski definition) is 2. The Morgan fingerprint density at radius 3 is 2.76 bits per heavy atom. The number of aryl methyl sites for hydroxylation is 1. The number of anilines is 2. The van der Waals surface area contributed by atoms with Crippen molar-refractivity contribution in [3.8, 4) is 11.5 Å². The van der Waals surface area contributed by atoms with Gasteiger partial charge in [0.2, 0.25) is 0 Å². The minimum atomic E-state index is 0.0374. The standard InChI is InChI=1S/C14H13NO2/c1-9-2-4-11-14(6-9)17-13-5-3-10(8-16)7-12(13)15-11/h2-7,15-16H,8H2,1H3. The van der Waals surface area contributed by atoms with Gasteiger partial charge in [-0.05, 0) is 42.3 Å². The minimum Gasteiger partial charge on any atom is -0.453 e. The molecule has 86 valence electrons. The van der Waals surface area contributed by atoms with Gasteiger partial charge in [0.25, 0.3) is 0 Å². The monoisotopic (exact) mass is 227 g/mol. The van der Waals surface area contributed by atoms with Crippen molar-refractivity contribution < 1.29 is 9.84 Å². The predicted molar refractivity (Wildman–Crippen MR) is 66.9 cm³/mol. The highest BCUT2D eigenvalue weighted by molar-refractivity contribution is 5.76. The molecule has 0 amide bonds. The van der Waals surface area contributed by atoms with Gasteiger partial charge in [0.15, 0.2) is 11.5 Å². The molecule has 3 heteroatoms. The molecule has 0 atom stereocenters. The number of nitrogens with one attached hydrogen (secondary N) is 1. The number of aliphatic hydroxyl groups is 1. The van der Waals surface area contributed by atoms with E-state index >= 15 is 0 Å². The highest BCUT2D eigenvalue weighted by Gasteiger charge is 2.16. The lowest BCUT2D eigenvalue weighted by Gasteiger charge is -2.22. The number of rotatable bonds is 1. The summed E-state index contributed by atoms with van der Waals surface area (Å²) in [6.07, 6.45) is 0. The molecule has 2 N–H and O–H groups in total. The fraction of sp³-hybridized carbons (Fsp3) is 0.143. The van der Waals surface area contributed by atoms with Crippen LogP contribution in [0.5, 0.6) is 11.5 Å². The lowest BCUT2D eigenvalue weighted by Crippen LogP contribution is -2.03. The second-order valence-corrected chi connectivity index (χ2v) is 4.22. The third-order valence-electron chi connectivity index (χ3n) is 2.85. The second-order valence-electron chi connectivity index (χ2n) is 4.22. The van der Waals surface area contributed by atoms with Crippen molar-refractivity contribution in [1.82, 2.24) is 0 Å². The molecule has 3 nitrogen and oxygen atoms in total. The number of benzene rings is 2. The molecule has 0 fully saturated rings. The fourth-order valence-electron chi connectivity index (χ4n) is 1.94. The van der Waals surface area contributed by atoms with Gasteiger partial charge in [0, 0.05) is 0 Å². The van der Waals surface area contributed by atoms with E-state index in [-0.39, 0.29) is 6.61 Å². The Balaban J connectivity index is 2.04. The van der Waals surface area contributed by atoms with Crippen LogP contribution in [0, 0.1) is 6.92 Å². The van der Waals surface area contributed by atoms with E-state index in [1.54, 1.807) is 0 Å². The highest BCUT2D eigenvalue weighted by atomic mass is 16.5. The van der Waals surface area contributed by atoms with Crippen LogP contribution in [0.3, 0.4) is 0 Å². The molecule has 0 saturated carbocycles. The summed E-state index contributed by atoms with van der Waals surface area (Å²) in [5, 5.41) is 12.4. The van der Waals surface area contributed by atoms with Gasteiger partial charge in [0.1, 0.15) is 0 Å². The van der Waals surface area contributed by atoms with Gasteiger partial charge in [-0.3, -0.25) is 0 Å². The summed E-state index contributed by atoms with van der Waals surface area (Å²) in [4.78, 5) is 0. The molecule has 0 bridgehead atoms. The first kappa shape index (κ1) is 10.2. The molecule has 0 spiro atoms. The molecule has 2 aromatic rings. The van der Waals surface area contributed by atoms with E-state index in [2.05, 4.69) is 5.32 Å². The maximum absolute atomic E-state index is 9.10. The maximum atomic E-state index is 9.10. The van der Waals surface area contributed by atoms with Crippen LogP contribution >= 0.6 is 0 Å². The average molecular weight is 227 g/mol. The summed E-state index contributed by atoms with van der Waals surface area (Å²) < 4.78 is 5.81. The number of aliphatic hydroxyl groups excluding tert-OH is 1. The van der Waals surface area contributed by atoms with Crippen molar-refractivity contribution in [1.29, 1.82) is 0 Å². The lowest BCUT2D eigenvalue weighted by atomic mass is 10.1. The first-order chi connectivity index (χ1) is 8.26. The smallest absolute Gasteiger partial charge is 0.151 e. The van der Waals surface area contributed by atoms with Gasteiger partial charge in [-0.15, -0.1) is 0 Å². The summed E-state index contributed by atoms with van der Waals surface area (Å²) in [6.45, 7) is 2.07. The third kappa shape index (κ3) is 1.74. The average Bonchev–Trinajstić information content (AvgIpc) is 2.35. The van der Waals surface area contributed by atoms with Gasteiger partial charge < -0.3 is 15.2 Å². The molecular weight excluding hydrogens is 214 g/mol. The van der Waals surface area contributed by atoms with E-state index in [0.29, 0.717) is 0 Å². The molecule has 0 unspecified atom stereocenters. The summed E-state index contributed by atoms with van der Waals surface area (Å²) >= 11 is 0. The van der Waals surface area contributed by atoms with Crippen LogP contribution < -0.4 is 10.1 Å². The van der Waals surface area contributed by atoms with Crippen molar-refractivity contribution in [2.24, 2.45) is 0 Å². The maximum Gasteiger partial charge on any atom is 0.151 e. The van der Waals surface area contributed by atoms with Crippen LogP contribution in [-0.2, 0) is 6.61 Å². The quantitative estimate of drug-likeness (QED) is 0.670. The molecule has 0 aromatic heterocycles. The van der Waals surface area contributed by atoms with E-state index in [9.17, 15) is 0 Å². The number of ether oxygens (including phenoxy) is 1. The van der Waals surface area contributed by atoms with Gasteiger partial charge >= 0.3 is 0 Å². The van der Waals surface area contributed by atoms with E-state index < -0.39 is 0 Å². The van der Waals surface area contributed by atoms with Gasteiger partial charge in [-0.2, -0.15) is 0 Å². The third-order valence-corrected chi connectivity index (χ3v) is 2.85. The van der Waals surface area contributed by atoms with Crippen molar-refractivity contribution >= 4 is 11.4 Å². The molecule has 0 aliphatic carbocycles. The summed E-state index contributed by atoms with van der Waals surface area (Å²) in [6, 6.07) is 11.7. The molecule has 17 heavy (non-hydrogen) atoms. The van der Waals surface area contributed by atoms with Crippen LogP contribution in [0.2, 0.25) is 0 Å². The van der Waals surface area contributed by atoms with E-state index in [1.165, 1.54) is 5.56 Å². The summed E-state index contributed by atoms with van der Waals surface area (Å²) in [5.41, 5.74) is 3.89. The van der Waals surface area contributed by atoms with E-state index in [1.807, 2.05) is 43.3 Å². The van der Waals surface area contributed by atoms with E-state index in [0.717, 1.165) is 28.4 Å². The Morgan fingerprint density at radius 2 is 1.94 bits per heavy atom. The van der Waals surface area contributed by atoms with Crippen LogP contribution in [0.4, 0.5) is 11.4 Å².